The van der Waals surface area contributed by atoms with Gasteiger partial charge in [-0.3, -0.25) is 14.5 Å². The SMILES string of the molecule is CCCCCCCCCCOCCOCCOCCN1C(=O)C=CC1=O. The fourth-order valence-corrected chi connectivity index (χ4v) is 2.69. The third-order valence-electron chi connectivity index (χ3n) is 4.25. The van der Waals surface area contributed by atoms with Crippen LogP contribution in [-0.4, -0.2) is 62.9 Å². The molecular weight excluding hydrogens is 334 g/mol. The molecule has 0 aromatic heterocycles. The summed E-state index contributed by atoms with van der Waals surface area (Å²) in [4.78, 5) is 23.8. The highest BCUT2D eigenvalue weighted by atomic mass is 16.5. The van der Waals surface area contributed by atoms with Crippen LogP contribution >= 0.6 is 0 Å². The van der Waals surface area contributed by atoms with E-state index in [1.165, 1.54) is 62.0 Å². The van der Waals surface area contributed by atoms with Crippen molar-refractivity contribution in [2.45, 2.75) is 58.3 Å². The van der Waals surface area contributed by atoms with Crippen LogP contribution in [0.25, 0.3) is 0 Å². The molecule has 0 aromatic rings. The summed E-state index contributed by atoms with van der Waals surface area (Å²) in [5, 5.41) is 0. The Morgan fingerprint density at radius 3 is 1.69 bits per heavy atom. The van der Waals surface area contributed by atoms with Gasteiger partial charge in [0, 0.05) is 18.8 Å². The highest BCUT2D eigenvalue weighted by molar-refractivity contribution is 6.12. The summed E-state index contributed by atoms with van der Waals surface area (Å²) < 4.78 is 16.3. The van der Waals surface area contributed by atoms with Crippen LogP contribution in [0.15, 0.2) is 12.2 Å². The molecule has 1 rings (SSSR count). The average molecular weight is 370 g/mol. The molecule has 1 aliphatic rings. The summed E-state index contributed by atoms with van der Waals surface area (Å²) in [6.45, 7) is 5.77. The van der Waals surface area contributed by atoms with E-state index in [4.69, 9.17) is 14.2 Å². The number of ether oxygens (including phenoxy) is 3. The lowest BCUT2D eigenvalue weighted by molar-refractivity contribution is -0.137. The van der Waals surface area contributed by atoms with Gasteiger partial charge in [0.05, 0.1) is 39.6 Å². The van der Waals surface area contributed by atoms with Crippen LogP contribution < -0.4 is 0 Å². The molecule has 1 heterocycles. The summed E-state index contributed by atoms with van der Waals surface area (Å²) >= 11 is 0. The second-order valence-electron chi connectivity index (χ2n) is 6.47. The van der Waals surface area contributed by atoms with Gasteiger partial charge >= 0.3 is 0 Å². The molecule has 0 aromatic carbocycles. The van der Waals surface area contributed by atoms with Crippen LogP contribution in [0, 0.1) is 0 Å². The number of imide groups is 1. The molecule has 0 N–H and O–H groups in total. The van der Waals surface area contributed by atoms with Crippen LogP contribution in [0.3, 0.4) is 0 Å². The van der Waals surface area contributed by atoms with Crippen molar-refractivity contribution in [3.8, 4) is 0 Å². The Morgan fingerprint density at radius 1 is 0.654 bits per heavy atom. The van der Waals surface area contributed by atoms with Crippen molar-refractivity contribution >= 4 is 11.8 Å². The molecule has 6 heteroatoms. The van der Waals surface area contributed by atoms with Gasteiger partial charge in [-0.15, -0.1) is 0 Å². The Kier molecular flexibility index (Phi) is 14.0. The van der Waals surface area contributed by atoms with Crippen LogP contribution in [0.4, 0.5) is 0 Å². The molecule has 0 aliphatic carbocycles. The maximum absolute atomic E-state index is 11.3. The lowest BCUT2D eigenvalue weighted by atomic mass is 10.1. The topological polar surface area (TPSA) is 65.1 Å². The predicted molar refractivity (Wildman–Crippen MR) is 101 cm³/mol. The summed E-state index contributed by atoms with van der Waals surface area (Å²) in [5.74, 6) is -0.549. The Bertz CT molecular complexity index is 393. The number of amides is 2. The molecular formula is C20H35NO5. The molecule has 0 bridgehead atoms. The fraction of sp³-hybridized carbons (Fsp3) is 0.800. The standard InChI is InChI=1S/C20H35NO5/c1-2-3-4-5-6-7-8-9-13-24-15-17-26-18-16-25-14-12-21-19(22)10-11-20(21)23/h10-11H,2-9,12-18H2,1H3. The fourth-order valence-electron chi connectivity index (χ4n) is 2.69. The van der Waals surface area contributed by atoms with Crippen molar-refractivity contribution in [3.05, 3.63) is 12.2 Å². The van der Waals surface area contributed by atoms with E-state index in [9.17, 15) is 9.59 Å². The minimum absolute atomic E-state index is 0.275. The van der Waals surface area contributed by atoms with Gasteiger partial charge in [-0.1, -0.05) is 51.9 Å². The predicted octanol–water partition coefficient (Wildman–Crippen LogP) is 3.10. The van der Waals surface area contributed by atoms with E-state index in [2.05, 4.69) is 6.92 Å². The van der Waals surface area contributed by atoms with Gasteiger partial charge in [0.1, 0.15) is 0 Å². The zero-order chi connectivity index (χ0) is 18.9. The third-order valence-corrected chi connectivity index (χ3v) is 4.25. The number of rotatable bonds is 18. The molecule has 2 amide bonds. The molecule has 0 saturated heterocycles. The molecule has 0 spiro atoms. The van der Waals surface area contributed by atoms with E-state index in [0.717, 1.165) is 13.0 Å². The van der Waals surface area contributed by atoms with Crippen molar-refractivity contribution in [1.82, 2.24) is 4.90 Å². The number of carbonyl (C=O) groups excluding carboxylic acids is 2. The minimum Gasteiger partial charge on any atom is -0.379 e. The number of carbonyl (C=O) groups is 2. The first-order chi connectivity index (χ1) is 12.8. The molecule has 0 saturated carbocycles. The number of unbranched alkanes of at least 4 members (excludes halogenated alkanes) is 7. The van der Waals surface area contributed by atoms with Gasteiger partial charge in [0.2, 0.25) is 0 Å². The maximum Gasteiger partial charge on any atom is 0.253 e. The minimum atomic E-state index is -0.275. The van der Waals surface area contributed by atoms with E-state index >= 15 is 0 Å². The summed E-state index contributed by atoms with van der Waals surface area (Å²) in [6, 6.07) is 0. The van der Waals surface area contributed by atoms with E-state index in [1.807, 2.05) is 0 Å². The Hall–Kier alpha value is -1.24. The molecule has 26 heavy (non-hydrogen) atoms. The molecule has 0 radical (unpaired) electrons. The Morgan fingerprint density at radius 2 is 1.12 bits per heavy atom. The van der Waals surface area contributed by atoms with Crippen LogP contribution in [0.1, 0.15) is 58.3 Å². The Balaban J connectivity index is 1.72. The highest BCUT2D eigenvalue weighted by Crippen LogP contribution is 2.08. The van der Waals surface area contributed by atoms with Crippen LogP contribution in [0.5, 0.6) is 0 Å². The molecule has 0 fully saturated rings. The van der Waals surface area contributed by atoms with Crippen LogP contribution in [-0.2, 0) is 23.8 Å². The van der Waals surface area contributed by atoms with Gasteiger partial charge in [0.25, 0.3) is 11.8 Å². The summed E-state index contributed by atoms with van der Waals surface area (Å²) in [5.41, 5.74) is 0. The first-order valence-corrected chi connectivity index (χ1v) is 10.0. The van der Waals surface area contributed by atoms with E-state index in [-0.39, 0.29) is 18.4 Å². The van der Waals surface area contributed by atoms with Crippen molar-refractivity contribution in [1.29, 1.82) is 0 Å². The molecule has 0 unspecified atom stereocenters. The highest BCUT2D eigenvalue weighted by Gasteiger charge is 2.22. The van der Waals surface area contributed by atoms with Gasteiger partial charge < -0.3 is 14.2 Å². The first kappa shape index (κ1) is 22.8. The summed E-state index contributed by atoms with van der Waals surface area (Å²) in [6.07, 6.45) is 13.0. The number of hydrogen-bond acceptors (Lipinski definition) is 5. The van der Waals surface area contributed by atoms with E-state index in [0.29, 0.717) is 33.0 Å². The van der Waals surface area contributed by atoms with Crippen molar-refractivity contribution in [3.63, 3.8) is 0 Å². The molecule has 1 aliphatic heterocycles. The zero-order valence-corrected chi connectivity index (χ0v) is 16.2. The van der Waals surface area contributed by atoms with Crippen LogP contribution in [0.2, 0.25) is 0 Å². The van der Waals surface area contributed by atoms with Gasteiger partial charge in [0.15, 0.2) is 0 Å². The summed E-state index contributed by atoms with van der Waals surface area (Å²) in [7, 11) is 0. The van der Waals surface area contributed by atoms with E-state index in [1.54, 1.807) is 0 Å². The van der Waals surface area contributed by atoms with Crippen molar-refractivity contribution < 1.29 is 23.8 Å². The largest absolute Gasteiger partial charge is 0.379 e. The monoisotopic (exact) mass is 369 g/mol. The van der Waals surface area contributed by atoms with Crippen molar-refractivity contribution in [2.24, 2.45) is 0 Å². The van der Waals surface area contributed by atoms with Gasteiger partial charge in [-0.2, -0.15) is 0 Å². The second kappa shape index (κ2) is 16.0. The molecule has 150 valence electrons. The second-order valence-corrected chi connectivity index (χ2v) is 6.47. The first-order valence-electron chi connectivity index (χ1n) is 10.0. The normalized spacial score (nSPS) is 14.0. The number of nitrogens with zero attached hydrogens (tertiary/aromatic N) is 1. The van der Waals surface area contributed by atoms with Gasteiger partial charge in [-0.25, -0.2) is 0 Å². The lowest BCUT2D eigenvalue weighted by Crippen LogP contribution is -2.33. The van der Waals surface area contributed by atoms with E-state index < -0.39 is 0 Å². The quantitative estimate of drug-likeness (QED) is 0.274. The average Bonchev–Trinajstić information content (AvgIpc) is 2.96. The number of hydrogen-bond donors (Lipinski definition) is 0. The lowest BCUT2D eigenvalue weighted by Gasteiger charge is -2.13. The maximum atomic E-state index is 11.3. The molecule has 6 nitrogen and oxygen atoms in total. The third kappa shape index (κ3) is 11.4. The smallest absolute Gasteiger partial charge is 0.253 e. The zero-order valence-electron chi connectivity index (χ0n) is 16.2. The van der Waals surface area contributed by atoms with Crippen molar-refractivity contribution in [2.75, 3.05) is 46.2 Å². The Labute approximate surface area is 157 Å². The van der Waals surface area contributed by atoms with Gasteiger partial charge in [-0.05, 0) is 6.42 Å². The molecule has 0 atom stereocenters.